The van der Waals surface area contributed by atoms with Gasteiger partial charge in [0.2, 0.25) is 0 Å². The molecule has 3 nitrogen and oxygen atoms in total. The summed E-state index contributed by atoms with van der Waals surface area (Å²) in [6.45, 7) is 2.15. The Hall–Kier alpha value is -1.56. The molecule has 1 saturated carbocycles. The highest BCUT2D eigenvalue weighted by molar-refractivity contribution is 5.29. The summed E-state index contributed by atoms with van der Waals surface area (Å²) in [4.78, 5) is 14.0. The Morgan fingerprint density at radius 2 is 2.31 bits per heavy atom. The molecule has 2 rings (SSSR count). The highest BCUT2D eigenvalue weighted by Gasteiger charge is 2.34. The smallest absolute Gasteiger partial charge is 0.266 e. The number of rotatable bonds is 1. The van der Waals surface area contributed by atoms with Crippen LogP contribution in [0.2, 0.25) is 0 Å². The van der Waals surface area contributed by atoms with Crippen molar-refractivity contribution in [1.29, 1.82) is 5.26 Å². The van der Waals surface area contributed by atoms with E-state index in [2.05, 4.69) is 11.9 Å². The third-order valence-electron chi connectivity index (χ3n) is 2.56. The van der Waals surface area contributed by atoms with Crippen molar-refractivity contribution < 1.29 is 0 Å². The molecule has 0 saturated heterocycles. The van der Waals surface area contributed by atoms with Crippen LogP contribution in [0.1, 0.15) is 30.5 Å². The Bertz CT molecular complexity index is 427. The zero-order valence-corrected chi connectivity index (χ0v) is 7.37. The molecule has 1 aliphatic carbocycles. The normalized spacial score (nSPS) is 25.2. The summed E-state index contributed by atoms with van der Waals surface area (Å²) in [6, 6.07) is 5.29. The fourth-order valence-electron chi connectivity index (χ4n) is 1.55. The lowest BCUT2D eigenvalue weighted by Gasteiger charge is -1.97. The lowest BCUT2D eigenvalue weighted by molar-refractivity contribution is 0.878. The van der Waals surface area contributed by atoms with Crippen molar-refractivity contribution in [1.82, 2.24) is 4.98 Å². The maximum Gasteiger partial charge on any atom is 0.266 e. The summed E-state index contributed by atoms with van der Waals surface area (Å²) >= 11 is 0. The fraction of sp³-hybridized carbons (Fsp3) is 0.400. The molecule has 3 heteroatoms. The molecule has 0 unspecified atom stereocenters. The number of hydrogen-bond donors (Lipinski definition) is 1. The van der Waals surface area contributed by atoms with Crippen LogP contribution in [0.15, 0.2) is 16.9 Å². The molecular formula is C10H10N2O. The Labute approximate surface area is 76.0 Å². The van der Waals surface area contributed by atoms with Gasteiger partial charge >= 0.3 is 0 Å². The second-order valence-corrected chi connectivity index (χ2v) is 3.59. The fourth-order valence-corrected chi connectivity index (χ4v) is 1.55. The maximum atomic E-state index is 11.2. The number of nitriles is 1. The van der Waals surface area contributed by atoms with E-state index in [9.17, 15) is 4.79 Å². The number of aromatic amines is 1. The van der Waals surface area contributed by atoms with Gasteiger partial charge in [0.15, 0.2) is 0 Å². The van der Waals surface area contributed by atoms with Crippen LogP contribution in [-0.4, -0.2) is 4.98 Å². The lowest BCUT2D eigenvalue weighted by Crippen LogP contribution is -2.11. The first-order valence-corrected chi connectivity index (χ1v) is 4.35. The molecule has 0 spiro atoms. The molecule has 2 atom stereocenters. The van der Waals surface area contributed by atoms with Crippen LogP contribution in [0.5, 0.6) is 0 Å². The molecule has 1 heterocycles. The van der Waals surface area contributed by atoms with Gasteiger partial charge in [-0.2, -0.15) is 5.26 Å². The Morgan fingerprint density at radius 3 is 2.77 bits per heavy atom. The molecule has 1 aliphatic rings. The van der Waals surface area contributed by atoms with Gasteiger partial charge in [0.05, 0.1) is 0 Å². The van der Waals surface area contributed by atoms with Crippen molar-refractivity contribution in [2.75, 3.05) is 0 Å². The van der Waals surface area contributed by atoms with Crippen LogP contribution in [-0.2, 0) is 0 Å². The number of nitrogens with one attached hydrogen (secondary N) is 1. The van der Waals surface area contributed by atoms with E-state index in [0.717, 1.165) is 12.1 Å². The Balaban J connectivity index is 2.38. The number of pyridine rings is 1. The van der Waals surface area contributed by atoms with Crippen LogP contribution in [0.25, 0.3) is 0 Å². The number of aromatic nitrogens is 1. The highest BCUT2D eigenvalue weighted by atomic mass is 16.1. The van der Waals surface area contributed by atoms with Crippen LogP contribution >= 0.6 is 0 Å². The summed E-state index contributed by atoms with van der Waals surface area (Å²) in [7, 11) is 0. The quantitative estimate of drug-likeness (QED) is 0.699. The summed E-state index contributed by atoms with van der Waals surface area (Å²) < 4.78 is 0. The van der Waals surface area contributed by atoms with Crippen LogP contribution in [0, 0.1) is 17.2 Å². The van der Waals surface area contributed by atoms with Gasteiger partial charge in [-0.15, -0.1) is 0 Å². The van der Waals surface area contributed by atoms with Gasteiger partial charge in [0, 0.05) is 11.6 Å². The average Bonchev–Trinajstić information content (AvgIpc) is 2.82. The van der Waals surface area contributed by atoms with Crippen molar-refractivity contribution in [2.45, 2.75) is 19.3 Å². The van der Waals surface area contributed by atoms with Crippen LogP contribution in [0.4, 0.5) is 0 Å². The molecule has 0 amide bonds. The van der Waals surface area contributed by atoms with Gasteiger partial charge in [0.1, 0.15) is 11.6 Å². The van der Waals surface area contributed by atoms with E-state index in [1.165, 1.54) is 0 Å². The topological polar surface area (TPSA) is 56.6 Å². The number of hydrogen-bond acceptors (Lipinski definition) is 2. The molecule has 0 bridgehead atoms. The van der Waals surface area contributed by atoms with Crippen LogP contribution in [0.3, 0.4) is 0 Å². The van der Waals surface area contributed by atoms with Crippen molar-refractivity contribution in [2.24, 2.45) is 5.92 Å². The van der Waals surface area contributed by atoms with E-state index in [4.69, 9.17) is 5.26 Å². The summed E-state index contributed by atoms with van der Waals surface area (Å²) in [5.41, 5.74) is 0.896. The average molecular weight is 174 g/mol. The monoisotopic (exact) mass is 174 g/mol. The van der Waals surface area contributed by atoms with Gasteiger partial charge in [0.25, 0.3) is 5.56 Å². The van der Waals surface area contributed by atoms with Crippen molar-refractivity contribution in [3.05, 3.63) is 33.7 Å². The van der Waals surface area contributed by atoms with Crippen molar-refractivity contribution in [3.63, 3.8) is 0 Å². The summed E-state index contributed by atoms with van der Waals surface area (Å²) in [5, 5.41) is 8.55. The molecule has 1 fully saturated rings. The SMILES string of the molecule is C[C@@H]1C[C@H]1c1ccc(C#N)c(=O)[nH]1. The van der Waals surface area contributed by atoms with Gasteiger partial charge < -0.3 is 4.98 Å². The van der Waals surface area contributed by atoms with Gasteiger partial charge in [-0.05, 0) is 24.5 Å². The van der Waals surface area contributed by atoms with E-state index in [0.29, 0.717) is 11.8 Å². The minimum absolute atomic E-state index is 0.192. The first-order valence-electron chi connectivity index (χ1n) is 4.35. The predicted molar refractivity (Wildman–Crippen MR) is 48.3 cm³/mol. The standard InChI is InChI=1S/C10H10N2O/c1-6-4-8(6)9-3-2-7(5-11)10(13)12-9/h2-3,6,8H,4H2,1H3,(H,12,13)/t6-,8-/m1/s1. The third-order valence-corrected chi connectivity index (χ3v) is 2.56. The lowest BCUT2D eigenvalue weighted by atomic mass is 10.2. The second-order valence-electron chi connectivity index (χ2n) is 3.59. The number of H-pyrrole nitrogens is 1. The summed E-state index contributed by atoms with van der Waals surface area (Å²) in [5.74, 6) is 1.17. The molecule has 13 heavy (non-hydrogen) atoms. The molecule has 1 aromatic heterocycles. The van der Waals surface area contributed by atoms with E-state index in [-0.39, 0.29) is 11.1 Å². The minimum Gasteiger partial charge on any atom is -0.325 e. The van der Waals surface area contributed by atoms with Crippen LogP contribution < -0.4 is 5.56 Å². The maximum absolute atomic E-state index is 11.2. The van der Waals surface area contributed by atoms with E-state index in [1.54, 1.807) is 6.07 Å². The largest absolute Gasteiger partial charge is 0.325 e. The van der Waals surface area contributed by atoms with E-state index in [1.807, 2.05) is 12.1 Å². The first-order chi connectivity index (χ1) is 6.22. The van der Waals surface area contributed by atoms with Crippen molar-refractivity contribution in [3.8, 4) is 6.07 Å². The zero-order chi connectivity index (χ0) is 9.42. The molecule has 1 aromatic rings. The predicted octanol–water partition coefficient (Wildman–Crippen LogP) is 1.37. The molecule has 66 valence electrons. The minimum atomic E-state index is -0.265. The van der Waals surface area contributed by atoms with Crippen molar-refractivity contribution >= 4 is 0 Å². The molecule has 1 N–H and O–H groups in total. The molecular weight excluding hydrogens is 164 g/mol. The molecule has 0 aliphatic heterocycles. The van der Waals surface area contributed by atoms with E-state index < -0.39 is 0 Å². The Morgan fingerprint density at radius 1 is 1.62 bits per heavy atom. The zero-order valence-electron chi connectivity index (χ0n) is 7.37. The first kappa shape index (κ1) is 8.06. The van der Waals surface area contributed by atoms with Gasteiger partial charge in [-0.3, -0.25) is 4.79 Å². The third kappa shape index (κ3) is 1.35. The molecule has 0 radical (unpaired) electrons. The van der Waals surface area contributed by atoms with Gasteiger partial charge in [-0.25, -0.2) is 0 Å². The molecule has 0 aromatic carbocycles. The number of nitrogens with zero attached hydrogens (tertiary/aromatic N) is 1. The summed E-state index contributed by atoms with van der Waals surface area (Å²) in [6.07, 6.45) is 1.14. The van der Waals surface area contributed by atoms with Gasteiger partial charge in [-0.1, -0.05) is 6.92 Å². The second kappa shape index (κ2) is 2.74. The van der Waals surface area contributed by atoms with E-state index >= 15 is 0 Å². The highest BCUT2D eigenvalue weighted by Crippen LogP contribution is 2.45. The Kier molecular flexibility index (Phi) is 1.70.